The second-order valence-corrected chi connectivity index (χ2v) is 12.1. The molecular weight excluding hydrogens is 516 g/mol. The summed E-state index contributed by atoms with van der Waals surface area (Å²) < 4.78 is 5.92. The van der Waals surface area contributed by atoms with E-state index in [-0.39, 0.29) is 36.3 Å². The maximum absolute atomic E-state index is 13.8. The molecule has 3 aromatic rings. The first-order chi connectivity index (χ1) is 19.5. The Hall–Kier alpha value is -3.87. The molecule has 1 aliphatic rings. The molecule has 7 heteroatoms. The number of hydrogen-bond acceptors (Lipinski definition) is 4. The third-order valence-electron chi connectivity index (χ3n) is 7.85. The van der Waals surface area contributed by atoms with Crippen molar-refractivity contribution in [3.63, 3.8) is 0 Å². The molecule has 0 bridgehead atoms. The maximum atomic E-state index is 13.8. The Kier molecular flexibility index (Phi) is 9.69. The molecule has 0 unspecified atom stereocenters. The van der Waals surface area contributed by atoms with E-state index in [2.05, 4.69) is 36.4 Å². The Labute approximate surface area is 243 Å². The highest BCUT2D eigenvalue weighted by molar-refractivity contribution is 5.86. The van der Waals surface area contributed by atoms with Crippen LogP contribution in [0.5, 0.6) is 0 Å². The number of benzene rings is 3. The maximum Gasteiger partial charge on any atom is 0.410 e. The number of carbonyl (C=O) groups excluding carboxylic acids is 2. The number of amides is 2. The van der Waals surface area contributed by atoms with Gasteiger partial charge in [-0.05, 0) is 62.4 Å². The predicted molar refractivity (Wildman–Crippen MR) is 161 cm³/mol. The fourth-order valence-electron chi connectivity index (χ4n) is 5.79. The van der Waals surface area contributed by atoms with Gasteiger partial charge in [0, 0.05) is 44.3 Å². The molecule has 3 atom stereocenters. The number of carboxylic acids is 1. The number of hydrogen-bond donors (Lipinski definition) is 1. The summed E-state index contributed by atoms with van der Waals surface area (Å²) in [4.78, 5) is 41.6. The first kappa shape index (κ1) is 30.1. The second kappa shape index (κ2) is 13.2. The number of likely N-dealkylation sites (tertiary alicyclic amines) is 1. The minimum atomic E-state index is -0.842. The molecule has 0 radical (unpaired) electrons. The number of carbonyl (C=O) groups is 3. The lowest BCUT2D eigenvalue weighted by molar-refractivity contribution is -0.137. The zero-order chi connectivity index (χ0) is 29.6. The Morgan fingerprint density at radius 2 is 1.59 bits per heavy atom. The Balaban J connectivity index is 1.62. The van der Waals surface area contributed by atoms with Crippen molar-refractivity contribution >= 4 is 28.7 Å². The van der Waals surface area contributed by atoms with Crippen LogP contribution in [0, 0.1) is 5.92 Å². The number of fused-ring (bicyclic) bond motifs is 1. The highest BCUT2D eigenvalue weighted by Crippen LogP contribution is 2.37. The van der Waals surface area contributed by atoms with Crippen molar-refractivity contribution in [3.05, 3.63) is 83.9 Å². The van der Waals surface area contributed by atoms with Crippen LogP contribution in [0.15, 0.2) is 72.8 Å². The third kappa shape index (κ3) is 7.87. The van der Waals surface area contributed by atoms with Gasteiger partial charge in [0.1, 0.15) is 5.60 Å². The molecule has 1 saturated heterocycles. The monoisotopic (exact) mass is 558 g/mol. The molecule has 0 aromatic heterocycles. The molecule has 218 valence electrons. The molecule has 1 heterocycles. The van der Waals surface area contributed by atoms with Gasteiger partial charge in [0.05, 0.1) is 6.04 Å². The average Bonchev–Trinajstić information content (AvgIpc) is 3.37. The molecule has 41 heavy (non-hydrogen) atoms. The average molecular weight is 559 g/mol. The van der Waals surface area contributed by atoms with Gasteiger partial charge in [0.25, 0.3) is 0 Å². The van der Waals surface area contributed by atoms with Crippen LogP contribution in [0.4, 0.5) is 4.79 Å². The van der Waals surface area contributed by atoms with Gasteiger partial charge < -0.3 is 19.6 Å². The van der Waals surface area contributed by atoms with E-state index in [0.29, 0.717) is 38.9 Å². The molecule has 1 N–H and O–H groups in total. The molecule has 1 fully saturated rings. The van der Waals surface area contributed by atoms with E-state index < -0.39 is 11.6 Å². The van der Waals surface area contributed by atoms with Crippen molar-refractivity contribution in [2.24, 2.45) is 5.92 Å². The summed E-state index contributed by atoms with van der Waals surface area (Å²) in [5.74, 6) is -0.746. The predicted octanol–water partition coefficient (Wildman–Crippen LogP) is 7.03. The fourth-order valence-corrected chi connectivity index (χ4v) is 5.79. The Morgan fingerprint density at radius 3 is 2.29 bits per heavy atom. The number of aliphatic carboxylic acids is 1. The van der Waals surface area contributed by atoms with Crippen LogP contribution >= 0.6 is 0 Å². The fraction of sp³-hybridized carbons (Fsp3) is 0.441. The van der Waals surface area contributed by atoms with Gasteiger partial charge in [0.2, 0.25) is 5.91 Å². The van der Waals surface area contributed by atoms with E-state index >= 15 is 0 Å². The highest BCUT2D eigenvalue weighted by atomic mass is 16.6. The van der Waals surface area contributed by atoms with Gasteiger partial charge in [-0.15, -0.1) is 0 Å². The summed E-state index contributed by atoms with van der Waals surface area (Å²) in [5, 5.41) is 11.1. The van der Waals surface area contributed by atoms with Crippen molar-refractivity contribution in [2.45, 2.75) is 70.9 Å². The zero-order valence-corrected chi connectivity index (χ0v) is 24.6. The van der Waals surface area contributed by atoms with Crippen molar-refractivity contribution in [1.82, 2.24) is 9.80 Å². The molecule has 1 aliphatic heterocycles. The summed E-state index contributed by atoms with van der Waals surface area (Å²) in [5.41, 5.74) is 1.54. The van der Waals surface area contributed by atoms with E-state index in [0.717, 1.165) is 21.9 Å². The molecule has 0 aliphatic carbocycles. The van der Waals surface area contributed by atoms with Crippen LogP contribution in [0.2, 0.25) is 0 Å². The third-order valence-corrected chi connectivity index (χ3v) is 7.85. The normalized spacial score (nSPS) is 17.8. The molecule has 3 aromatic carbocycles. The van der Waals surface area contributed by atoms with Gasteiger partial charge in [-0.25, -0.2) is 4.79 Å². The number of rotatable bonds is 10. The molecule has 0 spiro atoms. The zero-order valence-electron chi connectivity index (χ0n) is 24.6. The van der Waals surface area contributed by atoms with Crippen molar-refractivity contribution in [1.29, 1.82) is 0 Å². The summed E-state index contributed by atoms with van der Waals surface area (Å²) in [6.45, 7) is 9.19. The molecule has 2 amide bonds. The van der Waals surface area contributed by atoms with Crippen molar-refractivity contribution < 1.29 is 24.2 Å². The molecule has 0 saturated carbocycles. The summed E-state index contributed by atoms with van der Waals surface area (Å²) in [7, 11) is 0. The van der Waals surface area contributed by atoms with Crippen LogP contribution in [0.1, 0.15) is 76.5 Å². The quantitative estimate of drug-likeness (QED) is 0.270. The van der Waals surface area contributed by atoms with Crippen molar-refractivity contribution in [3.8, 4) is 0 Å². The van der Waals surface area contributed by atoms with Crippen molar-refractivity contribution in [2.75, 3.05) is 19.6 Å². The van der Waals surface area contributed by atoms with Crippen LogP contribution in [-0.2, 0) is 14.3 Å². The van der Waals surface area contributed by atoms with E-state index in [1.54, 1.807) is 0 Å². The van der Waals surface area contributed by atoms with Crippen LogP contribution in [-0.4, -0.2) is 58.1 Å². The standard InChI is InChI=1S/C34H42N2O5/c1-24(28-18-12-16-25-15-8-9-17-29(25)28)36(33(40)41-34(2,3)4)22-27-21-35(31(37)19-10-11-20-32(38)39)23-30(27)26-13-6-5-7-14-26/h5-9,12-18,24,27,30H,10-11,19-23H2,1-4H3,(H,38,39)/t24-,27-,30-/m1/s1. The molecule has 4 rings (SSSR count). The SMILES string of the molecule is C[C@H](c1cccc2ccccc12)N(C[C@H]1CN(C(=O)CCCCC(=O)O)C[C@@H]1c1ccccc1)C(=O)OC(C)(C)C. The summed E-state index contributed by atoms with van der Waals surface area (Å²) in [6.07, 6.45) is 1.05. The lowest BCUT2D eigenvalue weighted by Crippen LogP contribution is -2.42. The van der Waals surface area contributed by atoms with E-state index in [9.17, 15) is 14.4 Å². The summed E-state index contributed by atoms with van der Waals surface area (Å²) >= 11 is 0. The number of carboxylic acid groups (broad SMARTS) is 1. The van der Waals surface area contributed by atoms with Crippen LogP contribution in [0.25, 0.3) is 10.8 Å². The van der Waals surface area contributed by atoms with E-state index in [1.165, 1.54) is 0 Å². The molecule has 7 nitrogen and oxygen atoms in total. The minimum Gasteiger partial charge on any atom is -0.481 e. The van der Waals surface area contributed by atoms with Gasteiger partial charge in [0.15, 0.2) is 0 Å². The minimum absolute atomic E-state index is 0.00492. The van der Waals surface area contributed by atoms with Gasteiger partial charge in [-0.2, -0.15) is 0 Å². The van der Waals surface area contributed by atoms with Crippen LogP contribution in [0.3, 0.4) is 0 Å². The van der Waals surface area contributed by atoms with Gasteiger partial charge in [-0.3, -0.25) is 9.59 Å². The largest absolute Gasteiger partial charge is 0.481 e. The smallest absolute Gasteiger partial charge is 0.410 e. The Morgan fingerprint density at radius 1 is 0.927 bits per heavy atom. The van der Waals surface area contributed by atoms with Gasteiger partial charge >= 0.3 is 12.1 Å². The second-order valence-electron chi connectivity index (χ2n) is 12.1. The van der Waals surface area contributed by atoms with E-state index in [1.807, 2.05) is 73.9 Å². The number of unbranched alkanes of at least 4 members (excludes halogenated alkanes) is 1. The van der Waals surface area contributed by atoms with Gasteiger partial charge in [-0.1, -0.05) is 72.8 Å². The first-order valence-corrected chi connectivity index (χ1v) is 14.6. The number of ether oxygens (including phenoxy) is 1. The van der Waals surface area contributed by atoms with E-state index in [4.69, 9.17) is 9.84 Å². The Bertz CT molecular complexity index is 1340. The highest BCUT2D eigenvalue weighted by Gasteiger charge is 2.39. The topological polar surface area (TPSA) is 87.2 Å². The number of nitrogens with zero attached hydrogens (tertiary/aromatic N) is 2. The first-order valence-electron chi connectivity index (χ1n) is 14.6. The lowest BCUT2D eigenvalue weighted by atomic mass is 9.88. The van der Waals surface area contributed by atoms with Crippen LogP contribution < -0.4 is 0 Å². The molecular formula is C34H42N2O5. The summed E-state index contributed by atoms with van der Waals surface area (Å²) in [6, 6.07) is 24.3. The lowest BCUT2D eigenvalue weighted by Gasteiger charge is -2.35.